The molecular weight excluding hydrogens is 554 g/mol. The second kappa shape index (κ2) is 9.11. The third kappa shape index (κ3) is 3.48. The molecule has 0 aliphatic carbocycles. The topological polar surface area (TPSA) is 61.7 Å². The van der Waals surface area contributed by atoms with E-state index in [1.807, 2.05) is 12.1 Å². The third-order valence-electron chi connectivity index (χ3n) is 8.98. The van der Waals surface area contributed by atoms with Crippen molar-refractivity contribution in [2.75, 3.05) is 0 Å². The first-order chi connectivity index (χ1) is 22.3. The van der Waals surface area contributed by atoms with E-state index >= 15 is 0 Å². The van der Waals surface area contributed by atoms with Crippen LogP contribution in [0.5, 0.6) is 0 Å². The molecule has 4 heterocycles. The van der Waals surface area contributed by atoms with E-state index < -0.39 is 0 Å². The van der Waals surface area contributed by atoms with E-state index in [1.165, 1.54) is 10.8 Å². The maximum Gasteiger partial charge on any atom is 0.237 e. The lowest BCUT2D eigenvalue weighted by Crippen LogP contribution is -2.00. The Balaban J connectivity index is 1.17. The molecule has 0 amide bonds. The van der Waals surface area contributed by atoms with Gasteiger partial charge in [0.25, 0.3) is 0 Å². The Kier molecular flexibility index (Phi) is 4.90. The van der Waals surface area contributed by atoms with E-state index in [4.69, 9.17) is 4.42 Å². The van der Waals surface area contributed by atoms with Crippen molar-refractivity contribution in [3.8, 4) is 22.8 Å². The van der Waals surface area contributed by atoms with Crippen molar-refractivity contribution in [3.05, 3.63) is 140 Å². The highest BCUT2D eigenvalue weighted by Gasteiger charge is 2.19. The van der Waals surface area contributed by atoms with Gasteiger partial charge in [0.15, 0.2) is 0 Å². The van der Waals surface area contributed by atoms with Gasteiger partial charge in [0.05, 0.1) is 22.1 Å². The molecule has 6 aromatic carbocycles. The summed E-state index contributed by atoms with van der Waals surface area (Å²) >= 11 is 0. The van der Waals surface area contributed by atoms with E-state index in [1.54, 1.807) is 12.7 Å². The second-order valence-electron chi connectivity index (χ2n) is 11.4. The van der Waals surface area contributed by atoms with Gasteiger partial charge in [-0.15, -0.1) is 0 Å². The van der Waals surface area contributed by atoms with Crippen LogP contribution < -0.4 is 0 Å². The van der Waals surface area contributed by atoms with Crippen LogP contribution in [0, 0.1) is 0 Å². The molecule has 0 fully saturated rings. The van der Waals surface area contributed by atoms with Gasteiger partial charge < -0.3 is 8.98 Å². The maximum atomic E-state index is 6.17. The molecule has 0 unspecified atom stereocenters. The number of aromatic nitrogens is 5. The molecule has 0 spiro atoms. The van der Waals surface area contributed by atoms with Gasteiger partial charge in [0.2, 0.25) is 5.95 Å². The Hall–Kier alpha value is -6.27. The summed E-state index contributed by atoms with van der Waals surface area (Å²) in [5, 5.41) is 6.96. The van der Waals surface area contributed by atoms with Crippen molar-refractivity contribution in [2.45, 2.75) is 0 Å². The number of rotatable bonds is 3. The van der Waals surface area contributed by atoms with Crippen LogP contribution in [0.4, 0.5) is 0 Å². The molecule has 0 atom stereocenters. The number of benzene rings is 6. The lowest BCUT2D eigenvalue weighted by atomic mass is 10.0. The lowest BCUT2D eigenvalue weighted by molar-refractivity contribution is 0.669. The smallest absolute Gasteiger partial charge is 0.237 e. The van der Waals surface area contributed by atoms with Crippen LogP contribution in [0.2, 0.25) is 0 Å². The summed E-state index contributed by atoms with van der Waals surface area (Å²) in [6.45, 7) is 0. The number of para-hydroxylation sites is 3. The minimum atomic E-state index is 0.607. The van der Waals surface area contributed by atoms with Crippen LogP contribution in [-0.4, -0.2) is 24.1 Å². The van der Waals surface area contributed by atoms with E-state index in [0.717, 1.165) is 71.6 Å². The van der Waals surface area contributed by atoms with Gasteiger partial charge >= 0.3 is 0 Å². The SMILES string of the molecule is c1ccc2c(c1)oc1cc(-c3ccc(-n4c5ccccc5c5cc6c(cc54)c4ccccc4n6-c4ncncn4)cc3)ccc12. The van der Waals surface area contributed by atoms with Crippen LogP contribution in [0.1, 0.15) is 0 Å². The summed E-state index contributed by atoms with van der Waals surface area (Å²) in [6.07, 6.45) is 3.09. The quantitative estimate of drug-likeness (QED) is 0.210. The minimum absolute atomic E-state index is 0.607. The normalized spacial score (nSPS) is 12.0. The first-order valence-electron chi connectivity index (χ1n) is 14.9. The fourth-order valence-corrected chi connectivity index (χ4v) is 6.98. The van der Waals surface area contributed by atoms with Crippen molar-refractivity contribution < 1.29 is 4.42 Å². The van der Waals surface area contributed by atoms with E-state index in [2.05, 4.69) is 139 Å². The molecule has 10 rings (SSSR count). The van der Waals surface area contributed by atoms with Crippen molar-refractivity contribution in [3.63, 3.8) is 0 Å². The highest BCUT2D eigenvalue weighted by molar-refractivity contribution is 6.19. The molecule has 0 saturated carbocycles. The molecule has 10 aromatic rings. The van der Waals surface area contributed by atoms with Gasteiger partial charge in [-0.2, -0.15) is 0 Å². The zero-order chi connectivity index (χ0) is 29.5. The molecule has 210 valence electrons. The average molecular weight is 578 g/mol. The van der Waals surface area contributed by atoms with Crippen LogP contribution in [0.3, 0.4) is 0 Å². The number of furan rings is 1. The van der Waals surface area contributed by atoms with Gasteiger partial charge in [-0.05, 0) is 65.7 Å². The Morgan fingerprint density at radius 1 is 0.422 bits per heavy atom. The fourth-order valence-electron chi connectivity index (χ4n) is 6.98. The molecule has 0 aliphatic heterocycles. The number of hydrogen-bond donors (Lipinski definition) is 0. The van der Waals surface area contributed by atoms with Crippen LogP contribution >= 0.6 is 0 Å². The molecule has 6 nitrogen and oxygen atoms in total. The van der Waals surface area contributed by atoms with Crippen molar-refractivity contribution in [2.24, 2.45) is 0 Å². The highest BCUT2D eigenvalue weighted by Crippen LogP contribution is 2.39. The summed E-state index contributed by atoms with van der Waals surface area (Å²) < 4.78 is 10.7. The largest absolute Gasteiger partial charge is 0.456 e. The molecular formula is C39H23N5O. The summed E-state index contributed by atoms with van der Waals surface area (Å²) in [5.74, 6) is 0.607. The fraction of sp³-hybridized carbons (Fsp3) is 0. The van der Waals surface area contributed by atoms with Gasteiger partial charge in [0, 0.05) is 38.0 Å². The first-order valence-corrected chi connectivity index (χ1v) is 14.9. The van der Waals surface area contributed by atoms with E-state index in [-0.39, 0.29) is 0 Å². The van der Waals surface area contributed by atoms with Crippen LogP contribution in [0.25, 0.3) is 88.3 Å². The van der Waals surface area contributed by atoms with Gasteiger partial charge in [-0.3, -0.25) is 4.57 Å². The first kappa shape index (κ1) is 24.2. The predicted octanol–water partition coefficient (Wildman–Crippen LogP) is 9.63. The molecule has 0 radical (unpaired) electrons. The number of hydrogen-bond acceptors (Lipinski definition) is 4. The van der Waals surface area contributed by atoms with Crippen molar-refractivity contribution >= 4 is 65.6 Å². The average Bonchev–Trinajstić information content (AvgIpc) is 3.75. The zero-order valence-electron chi connectivity index (χ0n) is 23.9. The summed E-state index contributed by atoms with van der Waals surface area (Å²) in [6, 6.07) is 45.1. The second-order valence-corrected chi connectivity index (χ2v) is 11.4. The standard InChI is InChI=1S/C39H23N5O/c1-4-10-33-27(7-1)31-21-36-32(28-8-2-5-11-34(28)44(36)39-41-22-40-23-42-39)20-35(31)43(33)26-16-13-24(14-17-26)25-15-18-30-29-9-3-6-12-37(29)45-38(30)19-25/h1-23H. The Morgan fingerprint density at radius 2 is 1.00 bits per heavy atom. The minimum Gasteiger partial charge on any atom is -0.456 e. The van der Waals surface area contributed by atoms with E-state index in [0.29, 0.717) is 5.95 Å². The molecule has 6 heteroatoms. The Bertz CT molecular complexity index is 2750. The van der Waals surface area contributed by atoms with Crippen molar-refractivity contribution in [1.82, 2.24) is 24.1 Å². The molecule has 0 aliphatic rings. The summed E-state index contributed by atoms with van der Waals surface area (Å²) in [4.78, 5) is 13.1. The number of nitrogens with zero attached hydrogens (tertiary/aromatic N) is 5. The highest BCUT2D eigenvalue weighted by atomic mass is 16.3. The lowest BCUT2D eigenvalue weighted by Gasteiger charge is -2.10. The molecule has 45 heavy (non-hydrogen) atoms. The molecule has 0 bridgehead atoms. The number of fused-ring (bicyclic) bond motifs is 9. The van der Waals surface area contributed by atoms with E-state index in [9.17, 15) is 0 Å². The monoisotopic (exact) mass is 577 g/mol. The van der Waals surface area contributed by atoms with Crippen LogP contribution in [-0.2, 0) is 0 Å². The Labute approximate surface area is 256 Å². The van der Waals surface area contributed by atoms with Crippen LogP contribution in [0.15, 0.2) is 144 Å². The van der Waals surface area contributed by atoms with Crippen molar-refractivity contribution in [1.29, 1.82) is 0 Å². The third-order valence-corrected chi connectivity index (χ3v) is 8.98. The van der Waals surface area contributed by atoms with Gasteiger partial charge in [0.1, 0.15) is 23.8 Å². The molecule has 0 N–H and O–H groups in total. The summed E-state index contributed by atoms with van der Waals surface area (Å²) in [5.41, 5.74) is 9.63. The predicted molar refractivity (Wildman–Crippen MR) is 181 cm³/mol. The van der Waals surface area contributed by atoms with Gasteiger partial charge in [-0.25, -0.2) is 15.0 Å². The maximum absolute atomic E-state index is 6.17. The summed E-state index contributed by atoms with van der Waals surface area (Å²) in [7, 11) is 0. The molecule has 0 saturated heterocycles. The Morgan fingerprint density at radius 3 is 1.73 bits per heavy atom. The molecule has 4 aromatic heterocycles. The zero-order valence-corrected chi connectivity index (χ0v) is 23.9. The van der Waals surface area contributed by atoms with Gasteiger partial charge in [-0.1, -0.05) is 72.8 Å².